The Morgan fingerprint density at radius 2 is 1.51 bits per heavy atom. The van der Waals surface area contributed by atoms with E-state index in [9.17, 15) is 4.79 Å². The van der Waals surface area contributed by atoms with Crippen LogP contribution < -0.4 is 10.3 Å². The van der Waals surface area contributed by atoms with E-state index in [0.717, 1.165) is 33.5 Å². The third-order valence-electron chi connectivity index (χ3n) is 6.25. The molecule has 2 heterocycles. The Balaban J connectivity index is 1.33. The first-order valence-corrected chi connectivity index (χ1v) is 12.0. The third-order valence-corrected chi connectivity index (χ3v) is 6.25. The van der Waals surface area contributed by atoms with Crippen molar-refractivity contribution in [2.75, 3.05) is 0 Å². The molecular formula is C31H23N3O3. The lowest BCUT2D eigenvalue weighted by molar-refractivity contribution is 0.306. The molecule has 0 aliphatic rings. The van der Waals surface area contributed by atoms with Crippen LogP contribution in [0.1, 0.15) is 11.1 Å². The van der Waals surface area contributed by atoms with Gasteiger partial charge in [-0.25, -0.2) is 0 Å². The van der Waals surface area contributed by atoms with Gasteiger partial charge in [0.15, 0.2) is 0 Å². The molecule has 0 saturated carbocycles. The van der Waals surface area contributed by atoms with Crippen LogP contribution in [-0.2, 0) is 6.61 Å². The molecule has 37 heavy (non-hydrogen) atoms. The fraction of sp³-hybridized carbons (Fsp3) is 0.0645. The smallest absolute Gasteiger partial charge is 0.262 e. The van der Waals surface area contributed by atoms with Gasteiger partial charge in [0.05, 0.1) is 5.56 Å². The third kappa shape index (κ3) is 4.52. The molecule has 0 aliphatic heterocycles. The second kappa shape index (κ2) is 9.59. The van der Waals surface area contributed by atoms with Gasteiger partial charge in [-0.3, -0.25) is 9.36 Å². The van der Waals surface area contributed by atoms with E-state index in [2.05, 4.69) is 10.1 Å². The van der Waals surface area contributed by atoms with Crippen molar-refractivity contribution < 1.29 is 9.26 Å². The van der Waals surface area contributed by atoms with Gasteiger partial charge >= 0.3 is 0 Å². The van der Waals surface area contributed by atoms with Crippen LogP contribution >= 0.6 is 0 Å². The summed E-state index contributed by atoms with van der Waals surface area (Å²) in [7, 11) is 0. The van der Waals surface area contributed by atoms with Crippen LogP contribution in [0.4, 0.5) is 0 Å². The Morgan fingerprint density at radius 1 is 0.811 bits per heavy atom. The molecule has 0 spiro atoms. The normalized spacial score (nSPS) is 11.1. The van der Waals surface area contributed by atoms with Gasteiger partial charge < -0.3 is 9.26 Å². The SMILES string of the molecule is Cc1ccc(-n2cc(-c3nc(-c4ccc(OCc5ccccc5)cc4)no3)c3ccccc3c2=O)cc1. The molecule has 0 fully saturated rings. The van der Waals surface area contributed by atoms with Gasteiger partial charge in [-0.2, -0.15) is 4.98 Å². The Morgan fingerprint density at radius 3 is 2.27 bits per heavy atom. The van der Waals surface area contributed by atoms with Gasteiger partial charge in [0.1, 0.15) is 12.4 Å². The number of nitrogens with zero attached hydrogens (tertiary/aromatic N) is 3. The van der Waals surface area contributed by atoms with Gasteiger partial charge in [0, 0.05) is 28.2 Å². The lowest BCUT2D eigenvalue weighted by atomic mass is 10.1. The summed E-state index contributed by atoms with van der Waals surface area (Å²) in [6.45, 7) is 2.51. The molecule has 0 aliphatic carbocycles. The molecule has 180 valence electrons. The molecule has 6 aromatic rings. The molecule has 4 aromatic carbocycles. The second-order valence-electron chi connectivity index (χ2n) is 8.82. The van der Waals surface area contributed by atoms with E-state index in [-0.39, 0.29) is 5.56 Å². The fourth-order valence-corrected chi connectivity index (χ4v) is 4.25. The van der Waals surface area contributed by atoms with E-state index in [4.69, 9.17) is 9.26 Å². The zero-order valence-corrected chi connectivity index (χ0v) is 20.2. The maximum absolute atomic E-state index is 13.3. The van der Waals surface area contributed by atoms with Crippen molar-refractivity contribution in [1.29, 1.82) is 0 Å². The van der Waals surface area contributed by atoms with Crippen molar-refractivity contribution in [3.05, 3.63) is 131 Å². The number of aromatic nitrogens is 3. The monoisotopic (exact) mass is 485 g/mol. The zero-order chi connectivity index (χ0) is 25.2. The van der Waals surface area contributed by atoms with E-state index in [1.54, 1.807) is 10.8 Å². The highest BCUT2D eigenvalue weighted by molar-refractivity contribution is 5.94. The van der Waals surface area contributed by atoms with Crippen LogP contribution in [0.3, 0.4) is 0 Å². The first-order valence-electron chi connectivity index (χ1n) is 12.0. The Kier molecular flexibility index (Phi) is 5.83. The molecule has 6 rings (SSSR count). The van der Waals surface area contributed by atoms with Crippen LogP contribution in [0.5, 0.6) is 5.75 Å². The average Bonchev–Trinajstić information content (AvgIpc) is 3.44. The maximum Gasteiger partial charge on any atom is 0.262 e. The minimum atomic E-state index is -0.103. The molecule has 0 radical (unpaired) electrons. The van der Waals surface area contributed by atoms with Crippen molar-refractivity contribution in [3.63, 3.8) is 0 Å². The highest BCUT2D eigenvalue weighted by atomic mass is 16.5. The van der Waals surface area contributed by atoms with Crippen molar-refractivity contribution in [2.24, 2.45) is 0 Å². The number of hydrogen-bond donors (Lipinski definition) is 0. The van der Waals surface area contributed by atoms with Crippen LogP contribution in [0, 0.1) is 6.92 Å². The van der Waals surface area contributed by atoms with Crippen LogP contribution in [0.25, 0.3) is 39.3 Å². The number of pyridine rings is 1. The first kappa shape index (κ1) is 22.5. The average molecular weight is 486 g/mol. The molecule has 0 unspecified atom stereocenters. The summed E-state index contributed by atoms with van der Waals surface area (Å²) in [4.78, 5) is 18.0. The van der Waals surface area contributed by atoms with E-state index in [0.29, 0.717) is 29.3 Å². The quantitative estimate of drug-likeness (QED) is 0.266. The van der Waals surface area contributed by atoms with Gasteiger partial charge in [0.25, 0.3) is 11.4 Å². The number of hydrogen-bond acceptors (Lipinski definition) is 5. The topological polar surface area (TPSA) is 70.2 Å². The van der Waals surface area contributed by atoms with E-state index in [1.165, 1.54) is 0 Å². The largest absolute Gasteiger partial charge is 0.489 e. The van der Waals surface area contributed by atoms with Crippen molar-refractivity contribution >= 4 is 10.8 Å². The highest BCUT2D eigenvalue weighted by Crippen LogP contribution is 2.29. The lowest BCUT2D eigenvalue weighted by Crippen LogP contribution is -2.18. The van der Waals surface area contributed by atoms with Gasteiger partial charge in [0.2, 0.25) is 5.82 Å². The first-order chi connectivity index (χ1) is 18.2. The van der Waals surface area contributed by atoms with Gasteiger partial charge in [-0.1, -0.05) is 71.4 Å². The molecule has 0 bridgehead atoms. The summed E-state index contributed by atoms with van der Waals surface area (Å²) in [5.74, 6) is 1.56. The number of rotatable bonds is 6. The minimum absolute atomic E-state index is 0.103. The Bertz CT molecular complexity index is 1740. The minimum Gasteiger partial charge on any atom is -0.489 e. The lowest BCUT2D eigenvalue weighted by Gasteiger charge is -2.10. The predicted molar refractivity (Wildman–Crippen MR) is 144 cm³/mol. The highest BCUT2D eigenvalue weighted by Gasteiger charge is 2.17. The molecule has 6 heteroatoms. The van der Waals surface area contributed by atoms with Gasteiger partial charge in [-0.05, 0) is 55.0 Å². The zero-order valence-electron chi connectivity index (χ0n) is 20.2. The number of aryl methyl sites for hydroxylation is 1. The maximum atomic E-state index is 13.3. The summed E-state index contributed by atoms with van der Waals surface area (Å²) in [5, 5.41) is 5.56. The molecule has 6 nitrogen and oxygen atoms in total. The van der Waals surface area contributed by atoms with Crippen molar-refractivity contribution in [3.8, 4) is 34.3 Å². The summed E-state index contributed by atoms with van der Waals surface area (Å²) in [5.41, 5.74) is 4.39. The van der Waals surface area contributed by atoms with Crippen LogP contribution in [0.2, 0.25) is 0 Å². The standard InChI is InChI=1S/C31H23N3O3/c1-21-11-15-24(16-12-21)34-19-28(26-9-5-6-10-27(26)31(34)35)30-32-29(33-37-30)23-13-17-25(18-14-23)36-20-22-7-3-2-4-8-22/h2-19H,20H2,1H3. The van der Waals surface area contributed by atoms with E-state index >= 15 is 0 Å². The fourth-order valence-electron chi connectivity index (χ4n) is 4.25. The van der Waals surface area contributed by atoms with E-state index in [1.807, 2.05) is 110 Å². The Hall–Kier alpha value is -4.97. The van der Waals surface area contributed by atoms with E-state index < -0.39 is 0 Å². The summed E-state index contributed by atoms with van der Waals surface area (Å²) in [6.07, 6.45) is 1.77. The summed E-state index contributed by atoms with van der Waals surface area (Å²) in [6, 6.07) is 32.9. The van der Waals surface area contributed by atoms with Crippen LogP contribution in [-0.4, -0.2) is 14.7 Å². The summed E-state index contributed by atoms with van der Waals surface area (Å²) >= 11 is 0. The molecule has 0 atom stereocenters. The van der Waals surface area contributed by atoms with Crippen molar-refractivity contribution in [1.82, 2.24) is 14.7 Å². The molecule has 2 aromatic heterocycles. The number of ether oxygens (including phenoxy) is 1. The van der Waals surface area contributed by atoms with Crippen molar-refractivity contribution in [2.45, 2.75) is 13.5 Å². The number of fused-ring (bicyclic) bond motifs is 1. The summed E-state index contributed by atoms with van der Waals surface area (Å²) < 4.78 is 13.2. The Labute approximate surface area is 213 Å². The van der Waals surface area contributed by atoms with Crippen LogP contribution in [0.15, 0.2) is 119 Å². The predicted octanol–water partition coefficient (Wildman–Crippen LogP) is 6.60. The molecule has 0 saturated heterocycles. The van der Waals surface area contributed by atoms with Gasteiger partial charge in [-0.15, -0.1) is 0 Å². The number of benzene rings is 4. The molecule has 0 amide bonds. The molecule has 0 N–H and O–H groups in total. The second-order valence-corrected chi connectivity index (χ2v) is 8.82. The molecular weight excluding hydrogens is 462 g/mol.